The summed E-state index contributed by atoms with van der Waals surface area (Å²) in [5.74, 6) is 0.459. The molecule has 118 valence electrons. The van der Waals surface area contributed by atoms with Gasteiger partial charge in [-0.15, -0.1) is 0 Å². The summed E-state index contributed by atoms with van der Waals surface area (Å²) in [4.78, 5) is 0. The average Bonchev–Trinajstić information content (AvgIpc) is 2.84. The first-order chi connectivity index (χ1) is 10.3. The van der Waals surface area contributed by atoms with Gasteiger partial charge in [-0.1, -0.05) is 23.2 Å². The number of benzene rings is 1. The van der Waals surface area contributed by atoms with Crippen LogP contribution in [-0.4, -0.2) is 32.4 Å². The first kappa shape index (κ1) is 16.9. The molecule has 0 saturated carbocycles. The van der Waals surface area contributed by atoms with Crippen LogP contribution in [0.4, 0.5) is 0 Å². The van der Waals surface area contributed by atoms with Crippen LogP contribution in [0.1, 0.15) is 0 Å². The lowest BCUT2D eigenvalue weighted by molar-refractivity contribution is 0.372. The molecule has 6 nitrogen and oxygen atoms in total. The third kappa shape index (κ3) is 3.84. The van der Waals surface area contributed by atoms with Gasteiger partial charge in [0.25, 0.3) is 0 Å². The molecule has 0 spiro atoms. The van der Waals surface area contributed by atoms with Crippen molar-refractivity contribution in [3.63, 3.8) is 0 Å². The third-order valence-electron chi connectivity index (χ3n) is 2.91. The van der Waals surface area contributed by atoms with E-state index >= 15 is 0 Å². The lowest BCUT2D eigenvalue weighted by atomic mass is 10.2. The Morgan fingerprint density at radius 1 is 1.45 bits per heavy atom. The van der Waals surface area contributed by atoms with E-state index in [1.165, 1.54) is 0 Å². The monoisotopic (exact) mass is 361 g/mol. The van der Waals surface area contributed by atoms with E-state index in [9.17, 15) is 8.42 Å². The van der Waals surface area contributed by atoms with Gasteiger partial charge in [-0.05, 0) is 6.07 Å². The van der Waals surface area contributed by atoms with Gasteiger partial charge in [-0.2, -0.15) is 5.26 Å². The van der Waals surface area contributed by atoms with Gasteiger partial charge in [0.05, 0.1) is 21.8 Å². The Kier molecular flexibility index (Phi) is 5.19. The van der Waals surface area contributed by atoms with Gasteiger partial charge in [0.15, 0.2) is 6.61 Å². The van der Waals surface area contributed by atoms with Gasteiger partial charge >= 0.3 is 0 Å². The molecule has 9 heteroatoms. The predicted molar refractivity (Wildman–Crippen MR) is 85.9 cm³/mol. The highest BCUT2D eigenvalue weighted by molar-refractivity contribution is 7.88. The molecule has 1 aromatic carbocycles. The Labute approximate surface area is 138 Å². The van der Waals surface area contributed by atoms with E-state index in [1.54, 1.807) is 22.9 Å². The summed E-state index contributed by atoms with van der Waals surface area (Å²) in [6.07, 6.45) is 2.86. The second kappa shape index (κ2) is 6.75. The highest BCUT2D eigenvalue weighted by Crippen LogP contribution is 2.38. The van der Waals surface area contributed by atoms with Crippen molar-refractivity contribution in [3.05, 3.63) is 28.4 Å². The van der Waals surface area contributed by atoms with Crippen molar-refractivity contribution in [3.8, 4) is 11.8 Å². The Hall–Kier alpha value is -1.46. The average molecular weight is 362 g/mol. The summed E-state index contributed by atoms with van der Waals surface area (Å²) in [5.41, 5.74) is 0.636. The molecule has 1 aromatic heterocycles. The van der Waals surface area contributed by atoms with Gasteiger partial charge in [0.2, 0.25) is 10.0 Å². The van der Waals surface area contributed by atoms with Crippen molar-refractivity contribution in [2.45, 2.75) is 6.54 Å². The summed E-state index contributed by atoms with van der Waals surface area (Å²) in [5, 5.41) is 9.98. The normalized spacial score (nSPS) is 11.5. The zero-order valence-electron chi connectivity index (χ0n) is 11.6. The maximum absolute atomic E-state index is 11.1. The van der Waals surface area contributed by atoms with E-state index in [4.69, 9.17) is 33.2 Å². The quantitative estimate of drug-likeness (QED) is 0.855. The van der Waals surface area contributed by atoms with Crippen molar-refractivity contribution >= 4 is 44.1 Å². The van der Waals surface area contributed by atoms with Crippen LogP contribution in [0.3, 0.4) is 0 Å². The number of halogens is 2. The van der Waals surface area contributed by atoms with Crippen LogP contribution in [0.5, 0.6) is 5.75 Å². The van der Waals surface area contributed by atoms with E-state index in [1.807, 2.05) is 6.07 Å². The molecule has 22 heavy (non-hydrogen) atoms. The smallest absolute Gasteiger partial charge is 0.208 e. The number of nitriles is 1. The first-order valence-corrected chi connectivity index (χ1v) is 8.89. The van der Waals surface area contributed by atoms with Crippen LogP contribution in [0.15, 0.2) is 18.3 Å². The number of aromatic nitrogens is 1. The Morgan fingerprint density at radius 3 is 2.82 bits per heavy atom. The molecule has 0 aliphatic rings. The Balaban J connectivity index is 2.37. The van der Waals surface area contributed by atoms with Gasteiger partial charge in [-0.3, -0.25) is 0 Å². The molecule has 0 aliphatic heterocycles. The van der Waals surface area contributed by atoms with Crippen LogP contribution in [0, 0.1) is 11.3 Å². The number of ether oxygens (including phenoxy) is 1. The van der Waals surface area contributed by atoms with Gasteiger partial charge in [-0.25, -0.2) is 13.1 Å². The van der Waals surface area contributed by atoms with Crippen molar-refractivity contribution in [1.29, 1.82) is 5.26 Å². The van der Waals surface area contributed by atoms with Crippen LogP contribution in [-0.2, 0) is 16.6 Å². The van der Waals surface area contributed by atoms with Gasteiger partial charge < -0.3 is 9.30 Å². The molecule has 0 aliphatic carbocycles. The summed E-state index contributed by atoms with van der Waals surface area (Å²) < 4.78 is 31.7. The summed E-state index contributed by atoms with van der Waals surface area (Å²) in [7, 11) is -3.25. The lowest BCUT2D eigenvalue weighted by Crippen LogP contribution is -2.25. The van der Waals surface area contributed by atoms with E-state index in [0.717, 1.165) is 6.26 Å². The zero-order valence-corrected chi connectivity index (χ0v) is 14.0. The highest BCUT2D eigenvalue weighted by Gasteiger charge is 2.15. The molecule has 0 amide bonds. The minimum Gasteiger partial charge on any atom is -0.478 e. The van der Waals surface area contributed by atoms with E-state index in [2.05, 4.69) is 4.72 Å². The third-order valence-corrected chi connectivity index (χ3v) is 4.42. The van der Waals surface area contributed by atoms with Gasteiger partial charge in [0.1, 0.15) is 11.8 Å². The fraction of sp³-hybridized carbons (Fsp3) is 0.308. The molecule has 0 fully saturated rings. The number of sulfonamides is 1. The maximum Gasteiger partial charge on any atom is 0.208 e. The van der Waals surface area contributed by atoms with Crippen LogP contribution in [0.25, 0.3) is 10.9 Å². The number of nitrogens with one attached hydrogen (secondary N) is 1. The number of hydrogen-bond donors (Lipinski definition) is 1. The van der Waals surface area contributed by atoms with Crippen molar-refractivity contribution < 1.29 is 13.2 Å². The minimum atomic E-state index is -3.25. The second-order valence-corrected chi connectivity index (χ2v) is 7.17. The predicted octanol–water partition coefficient (Wildman–Crippen LogP) is 2.40. The van der Waals surface area contributed by atoms with E-state index < -0.39 is 10.0 Å². The number of fused-ring (bicyclic) bond motifs is 1. The highest BCUT2D eigenvalue weighted by atomic mass is 35.5. The topological polar surface area (TPSA) is 84.1 Å². The second-order valence-electron chi connectivity index (χ2n) is 4.56. The Bertz CT molecular complexity index is 840. The number of hydrogen-bond acceptors (Lipinski definition) is 4. The maximum atomic E-state index is 11.1. The first-order valence-electron chi connectivity index (χ1n) is 6.24. The van der Waals surface area contributed by atoms with Crippen molar-refractivity contribution in [2.24, 2.45) is 0 Å². The standard InChI is InChI=1S/C13H13Cl2N3O3S/c1-22(19,20)17-4-6-18-5-2-9-11(21-7-3-16)8-10(14)12(15)13(9)18/h2,5,8,17H,4,6-7H2,1H3. The molecule has 0 saturated heterocycles. The minimum absolute atomic E-state index is 0.103. The van der Waals surface area contributed by atoms with E-state index in [0.29, 0.717) is 33.2 Å². The number of nitrogens with zero attached hydrogens (tertiary/aromatic N) is 2. The van der Waals surface area contributed by atoms with Crippen LogP contribution in [0.2, 0.25) is 10.0 Å². The van der Waals surface area contributed by atoms with Crippen LogP contribution < -0.4 is 9.46 Å². The molecular formula is C13H13Cl2N3O3S. The fourth-order valence-electron chi connectivity index (χ4n) is 2.05. The lowest BCUT2D eigenvalue weighted by Gasteiger charge is -2.10. The fourth-order valence-corrected chi connectivity index (χ4v) is 2.97. The molecule has 1 N–H and O–H groups in total. The van der Waals surface area contributed by atoms with Crippen molar-refractivity contribution in [1.82, 2.24) is 9.29 Å². The SMILES string of the molecule is CS(=O)(=O)NCCn1ccc2c(OCC#N)cc(Cl)c(Cl)c21. The molecule has 0 bridgehead atoms. The molecule has 0 radical (unpaired) electrons. The largest absolute Gasteiger partial charge is 0.478 e. The molecule has 2 rings (SSSR count). The van der Waals surface area contributed by atoms with Crippen molar-refractivity contribution in [2.75, 3.05) is 19.4 Å². The van der Waals surface area contributed by atoms with Crippen LogP contribution >= 0.6 is 23.2 Å². The Morgan fingerprint density at radius 2 is 2.18 bits per heavy atom. The number of rotatable bonds is 6. The summed E-state index contributed by atoms with van der Waals surface area (Å²) in [6.45, 7) is 0.502. The summed E-state index contributed by atoms with van der Waals surface area (Å²) in [6, 6.07) is 5.23. The molecule has 2 aromatic rings. The molecule has 0 unspecified atom stereocenters. The molecule has 0 atom stereocenters. The molecular weight excluding hydrogens is 349 g/mol. The summed E-state index contributed by atoms with van der Waals surface area (Å²) >= 11 is 12.3. The van der Waals surface area contributed by atoms with Gasteiger partial charge in [0, 0.05) is 30.7 Å². The molecule has 1 heterocycles. The zero-order chi connectivity index (χ0) is 16.3. The van der Waals surface area contributed by atoms with E-state index in [-0.39, 0.29) is 13.2 Å².